The molecule has 3 heterocycles. The molecule has 0 radical (unpaired) electrons. The number of unbranched alkanes of at least 4 members (excludes halogenated alkanes) is 1. The van der Waals surface area contributed by atoms with Crippen molar-refractivity contribution in [2.24, 2.45) is 0 Å². The molecule has 1 N–H and O–H groups in total. The summed E-state index contributed by atoms with van der Waals surface area (Å²) in [6, 6.07) is 9.32. The number of nitrogens with one attached hydrogen (secondary N) is 1. The zero-order chi connectivity index (χ0) is 25.8. The van der Waals surface area contributed by atoms with Gasteiger partial charge in [0.25, 0.3) is 5.91 Å². The molecule has 5 rings (SSSR count). The summed E-state index contributed by atoms with van der Waals surface area (Å²) in [6.07, 6.45) is 8.18. The number of aryl methyl sites for hydroxylation is 3. The molecule has 0 bridgehead atoms. The monoisotopic (exact) mass is 501 g/mol. The molecule has 0 unspecified atom stereocenters. The summed E-state index contributed by atoms with van der Waals surface area (Å²) in [5.41, 5.74) is 6.03. The Balaban J connectivity index is 1.10. The van der Waals surface area contributed by atoms with Crippen molar-refractivity contribution in [2.75, 3.05) is 0 Å². The number of rotatable bonds is 9. The lowest BCUT2D eigenvalue weighted by Crippen LogP contribution is -2.23. The molecule has 0 saturated heterocycles. The molecule has 3 aromatic heterocycles. The highest BCUT2D eigenvalue weighted by atomic mass is 19.1. The molecular formula is C27H25F2N7O. The number of aromatic nitrogens is 6. The number of amides is 1. The van der Waals surface area contributed by atoms with Crippen molar-refractivity contribution in [1.29, 1.82) is 0 Å². The first-order valence-electron chi connectivity index (χ1n) is 12.1. The molecule has 188 valence electrons. The van der Waals surface area contributed by atoms with E-state index in [1.807, 2.05) is 31.2 Å². The zero-order valence-corrected chi connectivity index (χ0v) is 20.3. The summed E-state index contributed by atoms with van der Waals surface area (Å²) in [5.74, 6) is -1.48. The van der Waals surface area contributed by atoms with E-state index < -0.39 is 11.6 Å². The maximum Gasteiger partial charge on any atom is 0.273 e. The number of fused-ring (bicyclic) bond motifs is 1. The molecule has 1 aromatic carbocycles. The maximum atomic E-state index is 13.6. The molecule has 1 amide bonds. The van der Waals surface area contributed by atoms with Crippen molar-refractivity contribution in [3.8, 4) is 0 Å². The summed E-state index contributed by atoms with van der Waals surface area (Å²) in [4.78, 5) is 16.6. The summed E-state index contributed by atoms with van der Waals surface area (Å²) < 4.78 is 28.8. The van der Waals surface area contributed by atoms with Crippen molar-refractivity contribution in [2.45, 2.75) is 45.7 Å². The summed E-state index contributed by atoms with van der Waals surface area (Å²) in [5, 5.41) is 19.5. The third kappa shape index (κ3) is 6.08. The van der Waals surface area contributed by atoms with Gasteiger partial charge in [-0.25, -0.2) is 8.78 Å². The van der Waals surface area contributed by atoms with Gasteiger partial charge in [0, 0.05) is 43.0 Å². The summed E-state index contributed by atoms with van der Waals surface area (Å²) in [6.45, 7) is 2.90. The minimum atomic E-state index is -0.599. The van der Waals surface area contributed by atoms with E-state index in [1.165, 1.54) is 12.1 Å². The Kier molecular flexibility index (Phi) is 7.07. The van der Waals surface area contributed by atoms with Crippen LogP contribution in [0.1, 0.15) is 57.1 Å². The molecule has 0 saturated carbocycles. The Bertz CT molecular complexity index is 1440. The lowest BCUT2D eigenvalue weighted by atomic mass is 10.0. The van der Waals surface area contributed by atoms with Gasteiger partial charge in [0.05, 0.1) is 17.6 Å². The van der Waals surface area contributed by atoms with Crippen LogP contribution in [0.4, 0.5) is 8.78 Å². The quantitative estimate of drug-likeness (QED) is 0.347. The zero-order valence-electron chi connectivity index (χ0n) is 20.3. The van der Waals surface area contributed by atoms with E-state index in [4.69, 9.17) is 0 Å². The van der Waals surface area contributed by atoms with Gasteiger partial charge in [-0.1, -0.05) is 11.3 Å². The molecule has 8 nitrogen and oxygen atoms in total. The second kappa shape index (κ2) is 10.7. The number of carbonyl (C=O) groups excluding carboxylic acids is 1. The minimum Gasteiger partial charge on any atom is -0.346 e. The third-order valence-electron chi connectivity index (χ3n) is 6.14. The van der Waals surface area contributed by atoms with Crippen LogP contribution in [0.3, 0.4) is 0 Å². The normalized spacial score (nSPS) is 12.4. The van der Waals surface area contributed by atoms with Gasteiger partial charge in [0.1, 0.15) is 11.6 Å². The number of benzene rings is 1. The van der Waals surface area contributed by atoms with E-state index in [9.17, 15) is 13.6 Å². The Hall–Kier alpha value is -4.34. The van der Waals surface area contributed by atoms with E-state index in [-0.39, 0.29) is 11.6 Å². The third-order valence-corrected chi connectivity index (χ3v) is 6.14. The van der Waals surface area contributed by atoms with Crippen molar-refractivity contribution in [3.05, 3.63) is 99.9 Å². The first kappa shape index (κ1) is 24.4. The van der Waals surface area contributed by atoms with Crippen molar-refractivity contribution >= 4 is 17.6 Å². The van der Waals surface area contributed by atoms with Crippen molar-refractivity contribution < 1.29 is 13.6 Å². The fourth-order valence-corrected chi connectivity index (χ4v) is 4.17. The van der Waals surface area contributed by atoms with E-state index in [2.05, 4.69) is 30.8 Å². The van der Waals surface area contributed by atoms with Gasteiger partial charge in [-0.05, 0) is 73.2 Å². The Morgan fingerprint density at radius 3 is 2.68 bits per heavy atom. The SMILES string of the molecule is Cc1ccc(CNC(=O)c2cn(CCCCc3cc4c(nn3)CC(c3cc(F)cc(F)c3)=C4)nn2)cn1. The van der Waals surface area contributed by atoms with Crippen LogP contribution in [0.25, 0.3) is 11.6 Å². The molecule has 10 heteroatoms. The highest BCUT2D eigenvalue weighted by Crippen LogP contribution is 2.31. The lowest BCUT2D eigenvalue weighted by molar-refractivity contribution is 0.0945. The molecule has 0 spiro atoms. The van der Waals surface area contributed by atoms with Crippen molar-refractivity contribution in [3.63, 3.8) is 0 Å². The molecule has 0 atom stereocenters. The summed E-state index contributed by atoms with van der Waals surface area (Å²) in [7, 11) is 0. The number of hydrogen-bond acceptors (Lipinski definition) is 6. The predicted molar refractivity (Wildman–Crippen MR) is 133 cm³/mol. The fraction of sp³-hybridized carbons (Fsp3) is 0.259. The Morgan fingerprint density at radius 1 is 1.05 bits per heavy atom. The van der Waals surface area contributed by atoms with Crippen LogP contribution in [-0.2, 0) is 25.9 Å². The van der Waals surface area contributed by atoms with Crippen molar-refractivity contribution in [1.82, 2.24) is 35.5 Å². The van der Waals surface area contributed by atoms with E-state index in [0.717, 1.165) is 59.1 Å². The maximum absolute atomic E-state index is 13.6. The average molecular weight is 502 g/mol. The van der Waals surface area contributed by atoms with Gasteiger partial charge in [-0.3, -0.25) is 14.5 Å². The number of pyridine rings is 1. The van der Waals surface area contributed by atoms with Gasteiger partial charge in [-0.2, -0.15) is 10.2 Å². The number of allylic oxidation sites excluding steroid dienone is 1. The Morgan fingerprint density at radius 2 is 1.89 bits per heavy atom. The van der Waals surface area contributed by atoms with E-state index in [1.54, 1.807) is 17.1 Å². The highest BCUT2D eigenvalue weighted by molar-refractivity contribution is 5.91. The van der Waals surface area contributed by atoms with Crippen LogP contribution in [0.15, 0.2) is 48.8 Å². The smallest absolute Gasteiger partial charge is 0.273 e. The largest absolute Gasteiger partial charge is 0.346 e. The molecular weight excluding hydrogens is 476 g/mol. The highest BCUT2D eigenvalue weighted by Gasteiger charge is 2.18. The molecule has 0 aliphatic heterocycles. The lowest BCUT2D eigenvalue weighted by Gasteiger charge is -2.04. The number of hydrogen-bond donors (Lipinski definition) is 1. The second-order valence-corrected chi connectivity index (χ2v) is 9.06. The van der Waals surface area contributed by atoms with Crippen LogP contribution in [0.2, 0.25) is 0 Å². The molecule has 4 aromatic rings. The average Bonchev–Trinajstić information content (AvgIpc) is 3.53. The Labute approximate surface area is 212 Å². The topological polar surface area (TPSA) is 98.5 Å². The number of halogens is 2. The predicted octanol–water partition coefficient (Wildman–Crippen LogP) is 4.10. The van der Waals surface area contributed by atoms with E-state index >= 15 is 0 Å². The first-order valence-corrected chi connectivity index (χ1v) is 12.1. The van der Waals surface area contributed by atoms with Gasteiger partial charge >= 0.3 is 0 Å². The molecule has 37 heavy (non-hydrogen) atoms. The molecule has 1 aliphatic rings. The van der Waals surface area contributed by atoms with Crippen LogP contribution in [0.5, 0.6) is 0 Å². The van der Waals surface area contributed by atoms with E-state index in [0.29, 0.717) is 25.1 Å². The molecule has 0 fully saturated rings. The van der Waals surface area contributed by atoms with Crippen LogP contribution >= 0.6 is 0 Å². The van der Waals surface area contributed by atoms with Gasteiger partial charge in [0.2, 0.25) is 0 Å². The molecule has 1 aliphatic carbocycles. The first-order chi connectivity index (χ1) is 17.9. The van der Waals surface area contributed by atoms with Gasteiger partial charge in [-0.15, -0.1) is 5.10 Å². The standard InChI is InChI=1S/C27H25F2N7O/c1-17-5-6-18(14-30-17)15-31-27(37)26-16-36(35-34-26)7-3-2-4-24-11-21-8-19(12-25(21)33-32-24)20-9-22(28)13-23(29)10-20/h5-6,8-11,13-14,16H,2-4,7,12,15H2,1H3,(H,31,37). The van der Waals surface area contributed by atoms with Crippen LogP contribution in [-0.4, -0.2) is 36.1 Å². The number of carbonyl (C=O) groups is 1. The van der Waals surface area contributed by atoms with Crippen LogP contribution in [0, 0.1) is 18.6 Å². The minimum absolute atomic E-state index is 0.269. The van der Waals surface area contributed by atoms with Gasteiger partial charge < -0.3 is 5.32 Å². The van der Waals surface area contributed by atoms with Crippen LogP contribution < -0.4 is 5.32 Å². The second-order valence-electron chi connectivity index (χ2n) is 9.06. The number of nitrogens with zero attached hydrogens (tertiary/aromatic N) is 6. The summed E-state index contributed by atoms with van der Waals surface area (Å²) >= 11 is 0. The fourth-order valence-electron chi connectivity index (χ4n) is 4.17. The van der Waals surface area contributed by atoms with Gasteiger partial charge in [0.15, 0.2) is 5.69 Å².